The van der Waals surface area contributed by atoms with Crippen molar-refractivity contribution in [1.29, 1.82) is 0 Å². The first-order valence-electron chi connectivity index (χ1n) is 11.3. The number of aryl methyl sites for hydroxylation is 1. The molecule has 0 radical (unpaired) electrons. The highest BCUT2D eigenvalue weighted by atomic mass is 32.2. The summed E-state index contributed by atoms with van der Waals surface area (Å²) in [6.07, 6.45) is 6.66. The van der Waals surface area contributed by atoms with Crippen molar-refractivity contribution in [3.05, 3.63) is 84.1 Å². The van der Waals surface area contributed by atoms with E-state index in [2.05, 4.69) is 43.6 Å². The van der Waals surface area contributed by atoms with Crippen LogP contribution in [0.4, 0.5) is 0 Å². The molecule has 178 valence electrons. The third-order valence-corrected chi connectivity index (χ3v) is 7.45. The molecule has 0 amide bonds. The van der Waals surface area contributed by atoms with Gasteiger partial charge in [0.05, 0.1) is 19.0 Å². The predicted molar refractivity (Wildman–Crippen MR) is 138 cm³/mol. The van der Waals surface area contributed by atoms with Crippen LogP contribution in [0.15, 0.2) is 67.4 Å². The summed E-state index contributed by atoms with van der Waals surface area (Å²) < 4.78 is 35.3. The average Bonchev–Trinajstić information content (AvgIpc) is 2.98. The van der Waals surface area contributed by atoms with Crippen molar-refractivity contribution in [3.63, 3.8) is 0 Å². The Morgan fingerprint density at radius 2 is 2.09 bits per heavy atom. The van der Waals surface area contributed by atoms with Crippen molar-refractivity contribution in [2.75, 3.05) is 24.7 Å². The van der Waals surface area contributed by atoms with Gasteiger partial charge in [0.15, 0.2) is 0 Å². The molecule has 0 atom stereocenters. The van der Waals surface area contributed by atoms with Crippen LogP contribution in [0, 0.1) is 6.92 Å². The van der Waals surface area contributed by atoms with Gasteiger partial charge in [-0.25, -0.2) is 8.42 Å². The molecule has 5 nitrogen and oxygen atoms in total. The average molecular weight is 470 g/mol. The highest BCUT2D eigenvalue weighted by molar-refractivity contribution is 7.91. The Balaban J connectivity index is 0.00000408. The number of sulfone groups is 1. The minimum Gasteiger partial charge on any atom is -0.494 e. The van der Waals surface area contributed by atoms with Gasteiger partial charge in [0, 0.05) is 31.4 Å². The van der Waals surface area contributed by atoms with Gasteiger partial charge >= 0.3 is 0 Å². The number of benzene rings is 2. The lowest BCUT2D eigenvalue weighted by Crippen LogP contribution is -2.12. The molecular formula is C27H35NO4S. The lowest BCUT2D eigenvalue weighted by molar-refractivity contribution is 0.315. The number of hydrogen-bond acceptors (Lipinski definition) is 5. The van der Waals surface area contributed by atoms with Crippen LogP contribution in [0.2, 0.25) is 0 Å². The summed E-state index contributed by atoms with van der Waals surface area (Å²) in [4.78, 5) is 0. The van der Waals surface area contributed by atoms with Gasteiger partial charge in [-0.2, -0.15) is 0 Å². The summed E-state index contributed by atoms with van der Waals surface area (Å²) in [7, 11) is -2.97. The molecule has 33 heavy (non-hydrogen) atoms. The summed E-state index contributed by atoms with van der Waals surface area (Å²) in [6, 6.07) is 10.4. The molecule has 0 saturated carbocycles. The summed E-state index contributed by atoms with van der Waals surface area (Å²) in [5, 5.41) is 3.37. The van der Waals surface area contributed by atoms with Crippen molar-refractivity contribution >= 4 is 9.84 Å². The van der Waals surface area contributed by atoms with Gasteiger partial charge in [0.2, 0.25) is 0 Å². The van der Waals surface area contributed by atoms with Crippen LogP contribution in [-0.2, 0) is 22.8 Å². The number of ether oxygens (including phenoxy) is 2. The van der Waals surface area contributed by atoms with Crippen molar-refractivity contribution in [2.45, 2.75) is 33.2 Å². The maximum absolute atomic E-state index is 11.7. The minimum atomic E-state index is -2.97. The number of rotatable bonds is 11. The highest BCUT2D eigenvalue weighted by Crippen LogP contribution is 2.40. The SMILES string of the molecule is C=C/C=C(\C=C)NCc1ccc2c(c1)-c1c(C)cc(OCCCS(=O)(=O)CC)cc1CCO2.[HH]. The molecule has 3 rings (SSSR count). The largest absolute Gasteiger partial charge is 0.494 e. The maximum Gasteiger partial charge on any atom is 0.150 e. The van der Waals surface area contributed by atoms with Crippen LogP contribution in [0.25, 0.3) is 11.1 Å². The van der Waals surface area contributed by atoms with E-state index in [1.165, 1.54) is 11.1 Å². The summed E-state index contributed by atoms with van der Waals surface area (Å²) in [5.41, 5.74) is 6.59. The second-order valence-electron chi connectivity index (χ2n) is 8.06. The van der Waals surface area contributed by atoms with E-state index in [0.717, 1.165) is 40.3 Å². The topological polar surface area (TPSA) is 64.6 Å². The molecule has 1 heterocycles. The first-order chi connectivity index (χ1) is 15.9. The van der Waals surface area contributed by atoms with E-state index in [1.54, 1.807) is 19.1 Å². The normalized spacial score (nSPS) is 13.2. The molecule has 0 fully saturated rings. The first-order valence-corrected chi connectivity index (χ1v) is 13.1. The lowest BCUT2D eigenvalue weighted by atomic mass is 9.92. The Kier molecular flexibility index (Phi) is 8.39. The smallest absolute Gasteiger partial charge is 0.150 e. The van der Waals surface area contributed by atoms with Crippen LogP contribution >= 0.6 is 0 Å². The Morgan fingerprint density at radius 3 is 2.82 bits per heavy atom. The fraction of sp³-hybridized carbons (Fsp3) is 0.333. The van der Waals surface area contributed by atoms with Gasteiger partial charge in [-0.1, -0.05) is 32.2 Å². The van der Waals surface area contributed by atoms with Gasteiger partial charge in [0.1, 0.15) is 21.3 Å². The minimum absolute atomic E-state index is 0. The molecule has 0 spiro atoms. The Hall–Kier alpha value is -2.99. The summed E-state index contributed by atoms with van der Waals surface area (Å²) >= 11 is 0. The maximum atomic E-state index is 11.7. The van der Waals surface area contributed by atoms with E-state index in [0.29, 0.717) is 26.2 Å². The number of nitrogens with one attached hydrogen (secondary N) is 1. The van der Waals surface area contributed by atoms with Crippen LogP contribution in [0.1, 0.15) is 31.5 Å². The molecule has 2 aromatic carbocycles. The zero-order valence-electron chi connectivity index (χ0n) is 19.5. The van der Waals surface area contributed by atoms with Crippen molar-refractivity contribution in [1.82, 2.24) is 5.32 Å². The zero-order valence-corrected chi connectivity index (χ0v) is 20.3. The molecule has 0 unspecified atom stereocenters. The van der Waals surface area contributed by atoms with Crippen LogP contribution in [0.5, 0.6) is 11.5 Å². The van der Waals surface area contributed by atoms with Gasteiger partial charge in [0.25, 0.3) is 0 Å². The monoisotopic (exact) mass is 469 g/mol. The van der Waals surface area contributed by atoms with Crippen LogP contribution < -0.4 is 14.8 Å². The highest BCUT2D eigenvalue weighted by Gasteiger charge is 2.19. The van der Waals surface area contributed by atoms with E-state index in [-0.39, 0.29) is 12.9 Å². The lowest BCUT2D eigenvalue weighted by Gasteiger charge is -2.16. The third kappa shape index (κ3) is 6.51. The van der Waals surface area contributed by atoms with Gasteiger partial charge in [-0.3, -0.25) is 0 Å². The van der Waals surface area contributed by atoms with Crippen molar-refractivity contribution < 1.29 is 19.3 Å². The Labute approximate surface area is 199 Å². The quantitative estimate of drug-likeness (QED) is 0.353. The molecule has 0 bridgehead atoms. The van der Waals surface area contributed by atoms with E-state index in [4.69, 9.17) is 9.47 Å². The van der Waals surface area contributed by atoms with E-state index < -0.39 is 9.84 Å². The fourth-order valence-corrected chi connectivity index (χ4v) is 4.76. The van der Waals surface area contributed by atoms with Gasteiger partial charge < -0.3 is 14.8 Å². The second-order valence-corrected chi connectivity index (χ2v) is 10.5. The van der Waals surface area contributed by atoms with Crippen molar-refractivity contribution in [2.24, 2.45) is 0 Å². The molecule has 6 heteroatoms. The summed E-state index contributed by atoms with van der Waals surface area (Å²) in [5.74, 6) is 1.97. The molecule has 2 aromatic rings. The predicted octanol–water partition coefficient (Wildman–Crippen LogP) is 5.39. The Morgan fingerprint density at radius 1 is 1.27 bits per heavy atom. The van der Waals surface area contributed by atoms with E-state index >= 15 is 0 Å². The van der Waals surface area contributed by atoms with Gasteiger partial charge in [-0.05, 0) is 72.0 Å². The molecule has 0 aromatic heterocycles. The van der Waals surface area contributed by atoms with Gasteiger partial charge in [-0.15, -0.1) is 0 Å². The van der Waals surface area contributed by atoms with Crippen molar-refractivity contribution in [3.8, 4) is 22.6 Å². The number of hydrogen-bond donors (Lipinski definition) is 1. The first kappa shape index (κ1) is 24.6. The second kappa shape index (κ2) is 11.2. The molecule has 0 saturated heterocycles. The number of allylic oxidation sites excluding steroid dienone is 3. The zero-order chi connectivity index (χ0) is 23.8. The van der Waals surface area contributed by atoms with E-state index in [1.807, 2.05) is 18.2 Å². The molecular weight excluding hydrogens is 434 g/mol. The van der Waals surface area contributed by atoms with Crippen LogP contribution in [-0.4, -0.2) is 33.1 Å². The fourth-order valence-electron chi connectivity index (χ4n) is 3.91. The van der Waals surface area contributed by atoms with Crippen LogP contribution in [0.3, 0.4) is 0 Å². The summed E-state index contributed by atoms with van der Waals surface area (Å²) in [6.45, 7) is 12.9. The standard InChI is InChI=1S/C27H33NO4S.H2/c1-5-9-23(6-2)28-19-21-10-11-26-25(17-21)27-20(4)16-24(18-22(27)12-14-32-26)31-13-8-15-33(29,30)7-3;/h5-6,9-11,16-18,28H,1-2,7-8,12-15,19H2,3-4H3;1H/b23-9+;. The molecule has 1 aliphatic heterocycles. The van der Waals surface area contributed by atoms with E-state index in [9.17, 15) is 8.42 Å². The molecule has 1 aliphatic rings. The third-order valence-electron chi connectivity index (χ3n) is 5.66. The molecule has 0 aliphatic carbocycles. The Bertz CT molecular complexity index is 1160. The molecule has 1 N–H and O–H groups in total. The number of fused-ring (bicyclic) bond motifs is 3.